The number of nitrogens with zero attached hydrogens (tertiary/aromatic N) is 3. The Balaban J connectivity index is 1.60. The van der Waals surface area contributed by atoms with Crippen LogP contribution in [-0.2, 0) is 14.8 Å². The zero-order valence-corrected chi connectivity index (χ0v) is 20.3. The number of imidazole rings is 1. The van der Waals surface area contributed by atoms with Crippen LogP contribution in [0.15, 0.2) is 102 Å². The largest absolute Gasteiger partial charge is 0.326 e. The maximum absolute atomic E-state index is 13.6. The topological polar surface area (TPSA) is 131 Å². The third kappa shape index (κ3) is 4.55. The number of sulfonamides is 1. The number of hydrogen-bond donors (Lipinski definition) is 2. The molecule has 0 saturated carbocycles. The van der Waals surface area contributed by atoms with Gasteiger partial charge in [0.05, 0.1) is 11.1 Å². The molecule has 0 atom stereocenters. The molecule has 1 aliphatic carbocycles. The van der Waals surface area contributed by atoms with E-state index in [9.17, 15) is 22.8 Å². The summed E-state index contributed by atoms with van der Waals surface area (Å²) in [6, 6.07) is 17.0. The number of nitrogens with one attached hydrogen (secondary N) is 2. The first kappa shape index (κ1) is 23.8. The number of benzene rings is 2. The Morgan fingerprint density at radius 1 is 0.919 bits per heavy atom. The Hall–Kier alpha value is -4.90. The van der Waals surface area contributed by atoms with Crippen molar-refractivity contribution in [1.82, 2.24) is 14.3 Å². The van der Waals surface area contributed by atoms with E-state index in [-0.39, 0.29) is 33.3 Å². The van der Waals surface area contributed by atoms with E-state index in [0.29, 0.717) is 11.5 Å². The average Bonchev–Trinajstić information content (AvgIpc) is 3.37. The van der Waals surface area contributed by atoms with Crippen LogP contribution < -0.4 is 14.6 Å². The molecule has 0 aliphatic heterocycles. The summed E-state index contributed by atoms with van der Waals surface area (Å²) in [5.74, 6) is -0.888. The fourth-order valence-electron chi connectivity index (χ4n) is 3.95. The maximum Gasteiger partial charge on any atom is 0.266 e. The predicted molar refractivity (Wildman–Crippen MR) is 133 cm³/mol. The van der Waals surface area contributed by atoms with Crippen LogP contribution in [0.25, 0.3) is 11.5 Å². The molecule has 0 saturated heterocycles. The van der Waals surface area contributed by atoms with Crippen molar-refractivity contribution in [2.75, 3.05) is 5.32 Å². The molecule has 11 heteroatoms. The molecule has 0 bridgehead atoms. The number of ketones is 2. The van der Waals surface area contributed by atoms with Gasteiger partial charge in [0.2, 0.25) is 17.5 Å². The van der Waals surface area contributed by atoms with Gasteiger partial charge in [-0.1, -0.05) is 30.3 Å². The molecular weight excluding hydrogens is 494 g/mol. The third-order valence-corrected chi connectivity index (χ3v) is 6.99. The fourth-order valence-corrected chi connectivity index (χ4v) is 5.02. The molecule has 4 aromatic rings. The molecule has 2 aromatic carbocycles. The number of rotatable bonds is 6. The van der Waals surface area contributed by atoms with E-state index in [1.165, 1.54) is 54.2 Å². The quantitative estimate of drug-likeness (QED) is 0.380. The van der Waals surface area contributed by atoms with Crippen LogP contribution in [0.3, 0.4) is 0 Å². The van der Waals surface area contributed by atoms with Crippen LogP contribution in [0.4, 0.5) is 5.69 Å². The van der Waals surface area contributed by atoms with Crippen molar-refractivity contribution in [3.63, 3.8) is 0 Å². The lowest BCUT2D eigenvalue weighted by Gasteiger charge is -2.20. The lowest BCUT2D eigenvalue weighted by Crippen LogP contribution is -2.35. The molecule has 0 fully saturated rings. The minimum Gasteiger partial charge on any atom is -0.326 e. The van der Waals surface area contributed by atoms with Crippen molar-refractivity contribution >= 4 is 38.9 Å². The van der Waals surface area contributed by atoms with Gasteiger partial charge in [0.25, 0.3) is 15.8 Å². The Bertz CT molecular complexity index is 1690. The average molecular weight is 515 g/mol. The molecule has 37 heavy (non-hydrogen) atoms. The van der Waals surface area contributed by atoms with Crippen LogP contribution in [0, 0.1) is 0 Å². The summed E-state index contributed by atoms with van der Waals surface area (Å²) in [5, 5.41) is 2.56. The summed E-state index contributed by atoms with van der Waals surface area (Å²) >= 11 is 0. The zero-order chi connectivity index (χ0) is 26.2. The molecule has 2 aromatic heterocycles. The van der Waals surface area contributed by atoms with E-state index in [2.05, 4.69) is 15.0 Å². The molecule has 1 aliphatic rings. The lowest BCUT2D eigenvalue weighted by atomic mass is 9.90. The standard InChI is InChI=1S/C26H19N5O5S/c1-17(32)28-18-9-11-19(12-10-18)37(35,36)29-23-24(26(34)21-7-3-2-6-20(21)25(23)33)31-15-14-30(16-31)22-8-4-5-13-27-22/h2-16H,1H3,(H-,28,29,32,34)/p+1. The number of aromatic nitrogens is 3. The van der Waals surface area contributed by atoms with E-state index in [1.54, 1.807) is 53.5 Å². The van der Waals surface area contributed by atoms with Crippen molar-refractivity contribution in [2.45, 2.75) is 11.8 Å². The number of Topliss-reactive ketones (excluding diaryl/α,β-unsaturated/α-hetero) is 2. The monoisotopic (exact) mass is 514 g/mol. The molecule has 10 nitrogen and oxygen atoms in total. The summed E-state index contributed by atoms with van der Waals surface area (Å²) in [6.07, 6.45) is 6.33. The van der Waals surface area contributed by atoms with Gasteiger partial charge in [0, 0.05) is 29.8 Å². The normalized spacial score (nSPS) is 13.3. The van der Waals surface area contributed by atoms with Crippen LogP contribution in [0.5, 0.6) is 0 Å². The smallest absolute Gasteiger partial charge is 0.266 e. The van der Waals surface area contributed by atoms with Gasteiger partial charge in [0.1, 0.15) is 18.1 Å². The SMILES string of the molecule is CC(=O)Nc1ccc(S(=O)(=O)NC2=C(n3cc[n+](-c4ccccn4)c3)C(=O)c3ccccc3C2=O)cc1. The molecular formula is C26H20N5O5S+. The van der Waals surface area contributed by atoms with Gasteiger partial charge in [-0.3, -0.25) is 19.1 Å². The third-order valence-electron chi connectivity index (χ3n) is 5.63. The Kier molecular flexibility index (Phi) is 5.98. The summed E-state index contributed by atoms with van der Waals surface area (Å²) in [6.45, 7) is 1.34. The van der Waals surface area contributed by atoms with Crippen LogP contribution >= 0.6 is 0 Å². The summed E-state index contributed by atoms with van der Waals surface area (Å²) in [4.78, 5) is 42.4. The first-order valence-corrected chi connectivity index (χ1v) is 12.6. The van der Waals surface area contributed by atoms with E-state index >= 15 is 0 Å². The molecule has 184 valence electrons. The van der Waals surface area contributed by atoms with Gasteiger partial charge in [-0.15, -0.1) is 4.98 Å². The highest BCUT2D eigenvalue weighted by Crippen LogP contribution is 2.29. The summed E-state index contributed by atoms with van der Waals surface area (Å²) in [7, 11) is -4.28. The summed E-state index contributed by atoms with van der Waals surface area (Å²) < 4.78 is 31.9. The van der Waals surface area contributed by atoms with E-state index in [1.807, 2.05) is 0 Å². The Labute approximate surface area is 212 Å². The van der Waals surface area contributed by atoms with Crippen molar-refractivity contribution in [2.24, 2.45) is 0 Å². The lowest BCUT2D eigenvalue weighted by molar-refractivity contribution is -0.598. The van der Waals surface area contributed by atoms with Crippen molar-refractivity contribution < 1.29 is 27.4 Å². The van der Waals surface area contributed by atoms with Gasteiger partial charge >= 0.3 is 0 Å². The second kappa shape index (κ2) is 9.28. The number of carbonyl (C=O) groups excluding carboxylic acids is 3. The number of amides is 1. The fraction of sp³-hybridized carbons (Fsp3) is 0.0385. The number of carbonyl (C=O) groups is 3. The highest BCUT2D eigenvalue weighted by molar-refractivity contribution is 7.89. The van der Waals surface area contributed by atoms with E-state index < -0.39 is 21.6 Å². The molecule has 0 radical (unpaired) electrons. The predicted octanol–water partition coefficient (Wildman–Crippen LogP) is 2.34. The zero-order valence-electron chi connectivity index (χ0n) is 19.5. The van der Waals surface area contributed by atoms with Gasteiger partial charge in [-0.05, 0) is 30.3 Å². The molecule has 2 N–H and O–H groups in total. The van der Waals surface area contributed by atoms with Crippen molar-refractivity contribution in [3.8, 4) is 5.82 Å². The molecule has 0 spiro atoms. The van der Waals surface area contributed by atoms with Gasteiger partial charge < -0.3 is 5.32 Å². The van der Waals surface area contributed by atoms with E-state index in [4.69, 9.17) is 0 Å². The first-order valence-electron chi connectivity index (χ1n) is 11.1. The highest BCUT2D eigenvalue weighted by atomic mass is 32.2. The van der Waals surface area contributed by atoms with Gasteiger partial charge in [-0.2, -0.15) is 0 Å². The van der Waals surface area contributed by atoms with Crippen LogP contribution in [-0.4, -0.2) is 35.4 Å². The Morgan fingerprint density at radius 3 is 2.24 bits per heavy atom. The second-order valence-electron chi connectivity index (χ2n) is 8.15. The minimum atomic E-state index is -4.28. The number of allylic oxidation sites excluding steroid dienone is 2. The van der Waals surface area contributed by atoms with E-state index in [0.717, 1.165) is 0 Å². The van der Waals surface area contributed by atoms with Gasteiger partial charge in [0.15, 0.2) is 12.0 Å². The van der Waals surface area contributed by atoms with Crippen molar-refractivity contribution in [3.05, 3.63) is 108 Å². The number of fused-ring (bicyclic) bond motifs is 1. The highest BCUT2D eigenvalue weighted by Gasteiger charge is 2.37. The van der Waals surface area contributed by atoms with Crippen LogP contribution in [0.2, 0.25) is 0 Å². The number of anilines is 1. The molecule has 5 rings (SSSR count). The molecule has 1 amide bonds. The molecule has 2 heterocycles. The summed E-state index contributed by atoms with van der Waals surface area (Å²) in [5.41, 5.74) is 0.161. The molecule has 0 unspecified atom stereocenters. The first-order chi connectivity index (χ1) is 17.7. The van der Waals surface area contributed by atoms with Crippen molar-refractivity contribution in [1.29, 1.82) is 0 Å². The minimum absolute atomic E-state index is 0.0970. The van der Waals surface area contributed by atoms with Crippen LogP contribution in [0.1, 0.15) is 27.6 Å². The number of pyridine rings is 1. The number of hydrogen-bond acceptors (Lipinski definition) is 6. The second-order valence-corrected chi connectivity index (χ2v) is 9.84. The maximum atomic E-state index is 13.6. The van der Waals surface area contributed by atoms with Gasteiger partial charge in [-0.25, -0.2) is 17.6 Å². The Morgan fingerprint density at radius 2 is 1.59 bits per heavy atom.